The summed E-state index contributed by atoms with van der Waals surface area (Å²) in [6.07, 6.45) is 0.105. The van der Waals surface area contributed by atoms with Crippen molar-refractivity contribution < 1.29 is 9.53 Å². The molecule has 1 heterocycles. The maximum absolute atomic E-state index is 12.2. The predicted octanol–water partition coefficient (Wildman–Crippen LogP) is 1.74. The molecule has 1 amide bonds. The van der Waals surface area contributed by atoms with Crippen LogP contribution < -0.4 is 0 Å². The van der Waals surface area contributed by atoms with Crippen molar-refractivity contribution in [2.45, 2.75) is 26.0 Å². The van der Waals surface area contributed by atoms with E-state index in [2.05, 4.69) is 6.07 Å². The number of benzene rings is 1. The molecule has 3 heteroatoms. The van der Waals surface area contributed by atoms with Crippen molar-refractivity contribution in [1.29, 1.82) is 0 Å². The summed E-state index contributed by atoms with van der Waals surface area (Å²) in [5.74, 6) is 0.0802. The van der Waals surface area contributed by atoms with Gasteiger partial charge in [0.1, 0.15) is 0 Å². The Kier molecular flexibility index (Phi) is 3.25. The van der Waals surface area contributed by atoms with Crippen LogP contribution in [0.3, 0.4) is 0 Å². The molecule has 1 aliphatic rings. The number of ether oxygens (including phenoxy) is 1. The summed E-state index contributed by atoms with van der Waals surface area (Å²) >= 11 is 0. The first kappa shape index (κ1) is 11.1. The van der Waals surface area contributed by atoms with Crippen LogP contribution >= 0.6 is 0 Å². The first-order valence-electron chi connectivity index (χ1n) is 5.59. The molecule has 0 N–H and O–H groups in total. The smallest absolute Gasteiger partial charge is 0.254 e. The van der Waals surface area contributed by atoms with Crippen LogP contribution in [0.4, 0.5) is 0 Å². The highest BCUT2D eigenvalue weighted by molar-refractivity contribution is 5.94. The van der Waals surface area contributed by atoms with Gasteiger partial charge in [-0.3, -0.25) is 4.79 Å². The van der Waals surface area contributed by atoms with Crippen molar-refractivity contribution in [1.82, 2.24) is 4.90 Å². The highest BCUT2D eigenvalue weighted by Crippen LogP contribution is 2.16. The lowest BCUT2D eigenvalue weighted by Crippen LogP contribution is -2.51. The van der Waals surface area contributed by atoms with Crippen LogP contribution in [-0.4, -0.2) is 36.1 Å². The lowest BCUT2D eigenvalue weighted by atomic mass is 10.1. The van der Waals surface area contributed by atoms with E-state index in [1.165, 1.54) is 0 Å². The van der Waals surface area contributed by atoms with Crippen molar-refractivity contribution in [3.8, 4) is 0 Å². The Labute approximate surface area is 96.0 Å². The van der Waals surface area contributed by atoms with Crippen molar-refractivity contribution >= 4 is 5.91 Å². The number of rotatable bonds is 1. The Morgan fingerprint density at radius 1 is 1.44 bits per heavy atom. The lowest BCUT2D eigenvalue weighted by Gasteiger charge is -2.37. The average molecular weight is 218 g/mol. The topological polar surface area (TPSA) is 29.5 Å². The molecule has 2 unspecified atom stereocenters. The van der Waals surface area contributed by atoms with Crippen LogP contribution in [0.25, 0.3) is 0 Å². The molecule has 1 aliphatic heterocycles. The molecule has 0 saturated carbocycles. The fraction of sp³-hybridized carbons (Fsp3) is 0.462. The molecule has 2 rings (SSSR count). The second-order valence-electron chi connectivity index (χ2n) is 4.10. The van der Waals surface area contributed by atoms with Gasteiger partial charge in [-0.1, -0.05) is 12.1 Å². The zero-order chi connectivity index (χ0) is 11.5. The number of hydrogen-bond acceptors (Lipinski definition) is 2. The van der Waals surface area contributed by atoms with E-state index in [0.717, 1.165) is 5.56 Å². The first-order chi connectivity index (χ1) is 7.70. The summed E-state index contributed by atoms with van der Waals surface area (Å²) in [4.78, 5) is 14.1. The van der Waals surface area contributed by atoms with Gasteiger partial charge in [-0.05, 0) is 32.0 Å². The van der Waals surface area contributed by atoms with Gasteiger partial charge in [-0.25, -0.2) is 0 Å². The molecular weight excluding hydrogens is 202 g/mol. The number of nitrogens with zero attached hydrogens (tertiary/aromatic N) is 1. The van der Waals surface area contributed by atoms with Crippen LogP contribution in [0.2, 0.25) is 0 Å². The van der Waals surface area contributed by atoms with E-state index in [1.54, 1.807) is 24.3 Å². The van der Waals surface area contributed by atoms with Crippen LogP contribution in [0.15, 0.2) is 24.3 Å². The van der Waals surface area contributed by atoms with Crippen molar-refractivity contribution in [3.63, 3.8) is 0 Å². The molecule has 0 spiro atoms. The second-order valence-corrected chi connectivity index (χ2v) is 4.10. The molecule has 0 aromatic heterocycles. The minimum atomic E-state index is 0.0802. The third kappa shape index (κ3) is 2.09. The first-order valence-corrected chi connectivity index (χ1v) is 5.59. The summed E-state index contributed by atoms with van der Waals surface area (Å²) in [5, 5.41) is 0. The minimum Gasteiger partial charge on any atom is -0.375 e. The van der Waals surface area contributed by atoms with E-state index in [-0.39, 0.29) is 18.1 Å². The lowest BCUT2D eigenvalue weighted by molar-refractivity contribution is -0.0440. The molecule has 1 aromatic carbocycles. The van der Waals surface area contributed by atoms with E-state index in [9.17, 15) is 4.79 Å². The third-order valence-corrected chi connectivity index (χ3v) is 3.11. The largest absolute Gasteiger partial charge is 0.375 e. The van der Waals surface area contributed by atoms with E-state index in [1.807, 2.05) is 18.7 Å². The monoisotopic (exact) mass is 218 g/mol. The fourth-order valence-corrected chi connectivity index (χ4v) is 1.92. The van der Waals surface area contributed by atoms with Gasteiger partial charge < -0.3 is 9.64 Å². The van der Waals surface area contributed by atoms with E-state index in [4.69, 9.17) is 4.74 Å². The SMILES string of the molecule is CC1OCCN(C(=O)c2cc[c]cc2)C1C. The summed E-state index contributed by atoms with van der Waals surface area (Å²) in [6, 6.07) is 10.2. The summed E-state index contributed by atoms with van der Waals surface area (Å²) < 4.78 is 5.51. The Bertz CT molecular complexity index is 363. The molecule has 16 heavy (non-hydrogen) atoms. The van der Waals surface area contributed by atoms with Gasteiger partial charge in [-0.2, -0.15) is 0 Å². The standard InChI is InChI=1S/C13H16NO2/c1-10-11(2)16-9-8-14(10)13(15)12-6-4-3-5-7-12/h4-7,10-11H,8-9H2,1-2H3. The average Bonchev–Trinajstić information content (AvgIpc) is 2.33. The predicted molar refractivity (Wildman–Crippen MR) is 61.2 cm³/mol. The Balaban J connectivity index is 2.15. The quantitative estimate of drug-likeness (QED) is 0.718. The molecular formula is C13H16NO2. The Morgan fingerprint density at radius 3 is 2.81 bits per heavy atom. The molecule has 0 aliphatic carbocycles. The van der Waals surface area contributed by atoms with Gasteiger partial charge >= 0.3 is 0 Å². The highest BCUT2D eigenvalue weighted by Gasteiger charge is 2.29. The van der Waals surface area contributed by atoms with Crippen LogP contribution in [0.5, 0.6) is 0 Å². The third-order valence-electron chi connectivity index (χ3n) is 3.11. The van der Waals surface area contributed by atoms with E-state index in [0.29, 0.717) is 13.2 Å². The normalized spacial score (nSPS) is 25.5. The zero-order valence-corrected chi connectivity index (χ0v) is 9.64. The number of morpholine rings is 1. The zero-order valence-electron chi connectivity index (χ0n) is 9.64. The Morgan fingerprint density at radius 2 is 2.12 bits per heavy atom. The number of carbonyl (C=O) groups excluding carboxylic acids is 1. The maximum atomic E-state index is 12.2. The van der Waals surface area contributed by atoms with E-state index >= 15 is 0 Å². The highest BCUT2D eigenvalue weighted by atomic mass is 16.5. The minimum absolute atomic E-state index is 0.0802. The van der Waals surface area contributed by atoms with Gasteiger partial charge in [0.25, 0.3) is 5.91 Å². The molecule has 2 atom stereocenters. The molecule has 1 saturated heterocycles. The van der Waals surface area contributed by atoms with E-state index < -0.39 is 0 Å². The van der Waals surface area contributed by atoms with Crippen LogP contribution in [-0.2, 0) is 4.74 Å². The van der Waals surface area contributed by atoms with Gasteiger partial charge in [0.15, 0.2) is 0 Å². The summed E-state index contributed by atoms with van der Waals surface area (Å²) in [5.41, 5.74) is 0.722. The van der Waals surface area contributed by atoms with Crippen LogP contribution in [0.1, 0.15) is 24.2 Å². The summed E-state index contributed by atoms with van der Waals surface area (Å²) in [7, 11) is 0. The molecule has 3 nitrogen and oxygen atoms in total. The fourth-order valence-electron chi connectivity index (χ4n) is 1.92. The number of carbonyl (C=O) groups is 1. The van der Waals surface area contributed by atoms with Crippen molar-refractivity contribution in [2.24, 2.45) is 0 Å². The van der Waals surface area contributed by atoms with Crippen LogP contribution in [0, 0.1) is 6.07 Å². The van der Waals surface area contributed by atoms with Gasteiger partial charge in [0.05, 0.1) is 18.8 Å². The summed E-state index contributed by atoms with van der Waals surface area (Å²) in [6.45, 7) is 5.32. The molecule has 1 radical (unpaired) electrons. The Hall–Kier alpha value is -1.35. The van der Waals surface area contributed by atoms with Crippen molar-refractivity contribution in [3.05, 3.63) is 35.9 Å². The van der Waals surface area contributed by atoms with Gasteiger partial charge in [-0.15, -0.1) is 0 Å². The second kappa shape index (κ2) is 4.66. The molecule has 0 bridgehead atoms. The number of amides is 1. The van der Waals surface area contributed by atoms with Crippen molar-refractivity contribution in [2.75, 3.05) is 13.2 Å². The van der Waals surface area contributed by atoms with Gasteiger partial charge in [0.2, 0.25) is 0 Å². The van der Waals surface area contributed by atoms with Gasteiger partial charge in [0, 0.05) is 12.1 Å². The maximum Gasteiger partial charge on any atom is 0.254 e. The molecule has 1 fully saturated rings. The molecule has 1 aromatic rings. The molecule has 85 valence electrons. The number of hydrogen-bond donors (Lipinski definition) is 0.